The predicted molar refractivity (Wildman–Crippen MR) is 130 cm³/mol. The first-order chi connectivity index (χ1) is 17.0. The molecule has 0 fully saturated rings. The van der Waals surface area contributed by atoms with E-state index in [1.54, 1.807) is 24.5 Å². The largest absolute Gasteiger partial charge is 0.467 e. The summed E-state index contributed by atoms with van der Waals surface area (Å²) in [4.78, 5) is 26.9. The van der Waals surface area contributed by atoms with Gasteiger partial charge in [-0.05, 0) is 49.0 Å². The number of hydrogen-bond donors (Lipinski definition) is 0. The minimum absolute atomic E-state index is 0.147. The third kappa shape index (κ3) is 4.74. The number of hydrogen-bond acceptors (Lipinski definition) is 7. The van der Waals surface area contributed by atoms with Gasteiger partial charge < -0.3 is 13.6 Å². The molecule has 0 N–H and O–H groups in total. The van der Waals surface area contributed by atoms with Gasteiger partial charge in [-0.15, -0.1) is 0 Å². The maximum atomic E-state index is 13.3. The van der Waals surface area contributed by atoms with E-state index in [-0.39, 0.29) is 24.5 Å². The lowest BCUT2D eigenvalue weighted by molar-refractivity contribution is -0.134. The summed E-state index contributed by atoms with van der Waals surface area (Å²) in [7, 11) is 3.22. The SMILES string of the molecule is COC(=O)c1ccc(CN(C)CC(=O)N2N=C(c3cc4ccccc4o3)C[C@H]2c2ccco2)cc1. The summed E-state index contributed by atoms with van der Waals surface area (Å²) in [6.07, 6.45) is 2.10. The molecule has 8 heteroatoms. The summed E-state index contributed by atoms with van der Waals surface area (Å²) in [5, 5.41) is 7.15. The average molecular weight is 472 g/mol. The van der Waals surface area contributed by atoms with Crippen LogP contribution in [-0.2, 0) is 16.1 Å². The van der Waals surface area contributed by atoms with E-state index in [0.29, 0.717) is 35.8 Å². The van der Waals surface area contributed by atoms with Gasteiger partial charge in [0.2, 0.25) is 0 Å². The molecule has 1 atom stereocenters. The Morgan fingerprint density at radius 2 is 1.91 bits per heavy atom. The van der Waals surface area contributed by atoms with Crippen LogP contribution in [0.2, 0.25) is 0 Å². The predicted octanol–water partition coefficient (Wildman–Crippen LogP) is 4.62. The number of likely N-dealkylation sites (N-methyl/N-ethyl adjacent to an activating group) is 1. The minimum atomic E-state index is -0.379. The Balaban J connectivity index is 1.32. The first-order valence-electron chi connectivity index (χ1n) is 11.3. The third-order valence-electron chi connectivity index (χ3n) is 5.98. The molecule has 1 aliphatic heterocycles. The van der Waals surface area contributed by atoms with Crippen molar-refractivity contribution in [1.29, 1.82) is 0 Å². The number of esters is 1. The fourth-order valence-electron chi connectivity index (χ4n) is 4.25. The number of ether oxygens (including phenoxy) is 1. The number of hydrazone groups is 1. The molecular formula is C27H25N3O5. The normalized spacial score (nSPS) is 15.6. The van der Waals surface area contributed by atoms with Crippen molar-refractivity contribution < 1.29 is 23.2 Å². The lowest BCUT2D eigenvalue weighted by Gasteiger charge is -2.23. The van der Waals surface area contributed by atoms with E-state index in [4.69, 9.17) is 13.6 Å². The smallest absolute Gasteiger partial charge is 0.337 e. The number of carbonyl (C=O) groups excluding carboxylic acids is 2. The van der Waals surface area contributed by atoms with Crippen molar-refractivity contribution in [2.24, 2.45) is 5.10 Å². The number of para-hydroxylation sites is 1. The van der Waals surface area contributed by atoms with Crippen molar-refractivity contribution in [3.8, 4) is 0 Å². The molecule has 178 valence electrons. The van der Waals surface area contributed by atoms with Crippen molar-refractivity contribution in [2.75, 3.05) is 20.7 Å². The van der Waals surface area contributed by atoms with Crippen LogP contribution in [0.15, 0.2) is 86.9 Å². The van der Waals surface area contributed by atoms with Gasteiger partial charge in [-0.25, -0.2) is 9.80 Å². The molecule has 0 spiro atoms. The second-order valence-corrected chi connectivity index (χ2v) is 8.53. The molecule has 35 heavy (non-hydrogen) atoms. The maximum Gasteiger partial charge on any atom is 0.337 e. The van der Waals surface area contributed by atoms with E-state index in [2.05, 4.69) is 5.10 Å². The second kappa shape index (κ2) is 9.60. The number of fused-ring (bicyclic) bond motifs is 1. The van der Waals surface area contributed by atoms with Crippen molar-refractivity contribution in [3.63, 3.8) is 0 Å². The molecule has 0 saturated carbocycles. The van der Waals surface area contributed by atoms with E-state index >= 15 is 0 Å². The zero-order valence-electron chi connectivity index (χ0n) is 19.5. The Labute approximate surface area is 202 Å². The maximum absolute atomic E-state index is 13.3. The van der Waals surface area contributed by atoms with Crippen LogP contribution in [0.1, 0.15) is 39.9 Å². The molecular weight excluding hydrogens is 446 g/mol. The van der Waals surface area contributed by atoms with Crippen LogP contribution >= 0.6 is 0 Å². The molecule has 1 aliphatic rings. The van der Waals surface area contributed by atoms with Gasteiger partial charge in [0.25, 0.3) is 5.91 Å². The molecule has 0 saturated heterocycles. The number of furan rings is 2. The summed E-state index contributed by atoms with van der Waals surface area (Å²) in [5.41, 5.74) is 2.95. The highest BCUT2D eigenvalue weighted by Gasteiger charge is 2.36. The van der Waals surface area contributed by atoms with Gasteiger partial charge in [0.05, 0.1) is 25.5 Å². The second-order valence-electron chi connectivity index (χ2n) is 8.53. The first kappa shape index (κ1) is 22.6. The van der Waals surface area contributed by atoms with Crippen molar-refractivity contribution in [2.45, 2.75) is 19.0 Å². The standard InChI is InChI=1S/C27H25N3O5/c1-29(16-18-9-11-19(12-10-18)27(32)33-2)17-26(31)30-22(24-8-5-13-34-24)15-21(28-30)25-14-20-6-3-4-7-23(20)35-25/h3-14,22H,15-17H2,1-2H3/t22-/m0/s1. The summed E-state index contributed by atoms with van der Waals surface area (Å²) < 4.78 is 16.4. The van der Waals surface area contributed by atoms with E-state index in [0.717, 1.165) is 16.5 Å². The number of amides is 1. The van der Waals surface area contributed by atoms with Crippen LogP contribution in [0.4, 0.5) is 0 Å². The first-order valence-corrected chi connectivity index (χ1v) is 11.3. The lowest BCUT2D eigenvalue weighted by Crippen LogP contribution is -2.36. The van der Waals surface area contributed by atoms with Crippen LogP contribution in [0.25, 0.3) is 11.0 Å². The Morgan fingerprint density at radius 3 is 2.63 bits per heavy atom. The van der Waals surface area contributed by atoms with Crippen molar-refractivity contribution in [3.05, 3.63) is 95.6 Å². The molecule has 0 aliphatic carbocycles. The minimum Gasteiger partial charge on any atom is -0.467 e. The summed E-state index contributed by atoms with van der Waals surface area (Å²) in [6.45, 7) is 0.694. The number of benzene rings is 2. The number of carbonyl (C=O) groups is 2. The average Bonchev–Trinajstić information content (AvgIpc) is 3.62. The van der Waals surface area contributed by atoms with E-state index < -0.39 is 0 Å². The van der Waals surface area contributed by atoms with Crippen molar-refractivity contribution >= 4 is 28.6 Å². The van der Waals surface area contributed by atoms with E-state index in [9.17, 15) is 9.59 Å². The fraction of sp³-hybridized carbons (Fsp3) is 0.222. The number of rotatable bonds is 7. The van der Waals surface area contributed by atoms with Crippen molar-refractivity contribution in [1.82, 2.24) is 9.91 Å². The monoisotopic (exact) mass is 471 g/mol. The van der Waals surface area contributed by atoms with Gasteiger partial charge in [-0.1, -0.05) is 30.3 Å². The molecule has 3 heterocycles. The highest BCUT2D eigenvalue weighted by atomic mass is 16.5. The molecule has 4 aromatic rings. The van der Waals surface area contributed by atoms with Crippen LogP contribution < -0.4 is 0 Å². The zero-order valence-corrected chi connectivity index (χ0v) is 19.5. The highest BCUT2D eigenvalue weighted by Crippen LogP contribution is 2.34. The molecule has 2 aromatic heterocycles. The lowest BCUT2D eigenvalue weighted by atomic mass is 10.1. The topological polar surface area (TPSA) is 88.5 Å². The third-order valence-corrected chi connectivity index (χ3v) is 5.98. The Hall–Kier alpha value is -4.17. The number of methoxy groups -OCH3 is 1. The van der Waals surface area contributed by atoms with Gasteiger partial charge in [0.1, 0.15) is 23.1 Å². The molecule has 0 bridgehead atoms. The van der Waals surface area contributed by atoms with Gasteiger partial charge in [0.15, 0.2) is 5.76 Å². The van der Waals surface area contributed by atoms with Crippen LogP contribution in [0, 0.1) is 0 Å². The van der Waals surface area contributed by atoms with Crippen LogP contribution in [0.3, 0.4) is 0 Å². The fourth-order valence-corrected chi connectivity index (χ4v) is 4.25. The van der Waals surface area contributed by atoms with Gasteiger partial charge in [-0.3, -0.25) is 9.69 Å². The highest BCUT2D eigenvalue weighted by molar-refractivity contribution is 6.03. The summed E-state index contributed by atoms with van der Waals surface area (Å²) in [6, 6.07) is 20.2. The molecule has 1 amide bonds. The van der Waals surface area contributed by atoms with E-state index in [1.165, 1.54) is 12.1 Å². The van der Waals surface area contributed by atoms with Gasteiger partial charge in [-0.2, -0.15) is 5.10 Å². The van der Waals surface area contributed by atoms with Crippen LogP contribution in [-0.4, -0.2) is 48.2 Å². The van der Waals surface area contributed by atoms with Gasteiger partial charge >= 0.3 is 5.97 Å². The Kier molecular flexibility index (Phi) is 6.20. The Bertz CT molecular complexity index is 1340. The quantitative estimate of drug-likeness (QED) is 0.366. The summed E-state index contributed by atoms with van der Waals surface area (Å²) in [5.74, 6) is 0.800. The molecule has 0 unspecified atom stereocenters. The molecule has 2 aromatic carbocycles. The number of nitrogens with zero attached hydrogens (tertiary/aromatic N) is 3. The Morgan fingerprint density at radius 1 is 1.11 bits per heavy atom. The zero-order chi connectivity index (χ0) is 24.4. The van der Waals surface area contributed by atoms with E-state index in [1.807, 2.05) is 60.5 Å². The molecule has 0 radical (unpaired) electrons. The molecule has 8 nitrogen and oxygen atoms in total. The molecule has 5 rings (SSSR count). The van der Waals surface area contributed by atoms with Crippen LogP contribution in [0.5, 0.6) is 0 Å². The summed E-state index contributed by atoms with van der Waals surface area (Å²) >= 11 is 0. The van der Waals surface area contributed by atoms with Gasteiger partial charge in [0, 0.05) is 18.4 Å².